The van der Waals surface area contributed by atoms with E-state index in [1.807, 2.05) is 32.4 Å². The second-order valence-corrected chi connectivity index (χ2v) is 9.70. The Morgan fingerprint density at radius 1 is 0.727 bits per heavy atom. The molecule has 0 amide bonds. The van der Waals surface area contributed by atoms with E-state index in [9.17, 15) is 9.59 Å². The zero-order chi connectivity index (χ0) is 24.5. The molecule has 1 heterocycles. The van der Waals surface area contributed by atoms with Crippen LogP contribution in [0.5, 0.6) is 0 Å². The van der Waals surface area contributed by atoms with Gasteiger partial charge in [-0.3, -0.25) is 9.59 Å². The number of aromatic nitrogens is 1. The van der Waals surface area contributed by atoms with Crippen molar-refractivity contribution in [1.82, 2.24) is 4.57 Å². The number of hydrogen-bond acceptors (Lipinski definition) is 3. The van der Waals surface area contributed by atoms with Gasteiger partial charge in [0, 0.05) is 30.4 Å². The van der Waals surface area contributed by atoms with E-state index < -0.39 is 0 Å². The van der Waals surface area contributed by atoms with E-state index in [0.29, 0.717) is 13.0 Å². The van der Waals surface area contributed by atoms with Crippen molar-refractivity contribution in [3.05, 3.63) is 22.5 Å². The molecule has 0 spiro atoms. The number of carbonyl (C=O) groups is 2. The third kappa shape index (κ3) is 11.4. The lowest BCUT2D eigenvalue weighted by Crippen LogP contribution is -2.11. The lowest BCUT2D eigenvalue weighted by molar-refractivity contribution is -0.142. The highest BCUT2D eigenvalue weighted by atomic mass is 16.5. The molecule has 1 aromatic rings. The predicted molar refractivity (Wildman–Crippen MR) is 139 cm³/mol. The van der Waals surface area contributed by atoms with Gasteiger partial charge in [0.15, 0.2) is 5.78 Å². The Balaban J connectivity index is 2.16. The van der Waals surface area contributed by atoms with Gasteiger partial charge in [0.25, 0.3) is 0 Å². The molecule has 0 aliphatic rings. The van der Waals surface area contributed by atoms with Gasteiger partial charge in [-0.05, 0) is 32.8 Å². The first-order valence-corrected chi connectivity index (χ1v) is 13.8. The van der Waals surface area contributed by atoms with E-state index in [2.05, 4.69) is 6.92 Å². The van der Waals surface area contributed by atoms with Crippen molar-refractivity contribution in [2.75, 3.05) is 6.61 Å². The molecule has 1 aromatic heterocycles. The summed E-state index contributed by atoms with van der Waals surface area (Å²) in [6, 6.07) is 0. The second kappa shape index (κ2) is 17.8. The standard InChI is InChI=1S/C29H51NO3/c1-6-8-9-10-11-12-13-14-15-16-17-18-19-20-21-22-27(31)29-24(3)26(30(5)25(29)4)23-28(32)33-7-2/h6-23H2,1-5H3. The SMILES string of the molecule is CCCCCCCCCCCCCCCCCC(=O)c1c(C)c(CC(=O)OCC)n(C)c1C. The Labute approximate surface area is 203 Å². The molecule has 190 valence electrons. The van der Waals surface area contributed by atoms with E-state index in [1.165, 1.54) is 83.5 Å². The van der Waals surface area contributed by atoms with Crippen molar-refractivity contribution < 1.29 is 14.3 Å². The molecule has 0 aliphatic carbocycles. The molecule has 0 saturated carbocycles. The molecule has 33 heavy (non-hydrogen) atoms. The van der Waals surface area contributed by atoms with Gasteiger partial charge in [0.1, 0.15) is 0 Å². The second-order valence-electron chi connectivity index (χ2n) is 9.70. The van der Waals surface area contributed by atoms with Crippen molar-refractivity contribution in [3.63, 3.8) is 0 Å². The summed E-state index contributed by atoms with van der Waals surface area (Å²) < 4.78 is 7.07. The van der Waals surface area contributed by atoms with Crippen LogP contribution in [0.3, 0.4) is 0 Å². The van der Waals surface area contributed by atoms with E-state index >= 15 is 0 Å². The Kier molecular flexibility index (Phi) is 15.9. The van der Waals surface area contributed by atoms with Gasteiger partial charge in [-0.15, -0.1) is 0 Å². The van der Waals surface area contributed by atoms with E-state index in [-0.39, 0.29) is 18.2 Å². The number of rotatable bonds is 20. The van der Waals surface area contributed by atoms with Crippen molar-refractivity contribution in [1.29, 1.82) is 0 Å². The van der Waals surface area contributed by atoms with Gasteiger partial charge in [-0.25, -0.2) is 0 Å². The number of esters is 1. The highest BCUT2D eigenvalue weighted by molar-refractivity contribution is 5.99. The number of nitrogens with zero attached hydrogens (tertiary/aromatic N) is 1. The molecule has 0 N–H and O–H groups in total. The zero-order valence-corrected chi connectivity index (χ0v) is 22.4. The van der Waals surface area contributed by atoms with Crippen molar-refractivity contribution in [2.24, 2.45) is 7.05 Å². The summed E-state index contributed by atoms with van der Waals surface area (Å²) in [5.74, 6) is -0.0204. The minimum atomic E-state index is -0.234. The van der Waals surface area contributed by atoms with Gasteiger partial charge in [-0.1, -0.05) is 96.8 Å². The third-order valence-corrected chi connectivity index (χ3v) is 6.98. The quantitative estimate of drug-likeness (QED) is 0.112. The van der Waals surface area contributed by atoms with Crippen LogP contribution in [0.1, 0.15) is 144 Å². The van der Waals surface area contributed by atoms with E-state index in [4.69, 9.17) is 4.74 Å². The summed E-state index contributed by atoms with van der Waals surface area (Å²) in [6.07, 6.45) is 20.7. The summed E-state index contributed by atoms with van der Waals surface area (Å²) in [5, 5.41) is 0. The number of carbonyl (C=O) groups excluding carboxylic acids is 2. The summed E-state index contributed by atoms with van der Waals surface area (Å²) in [6.45, 7) is 8.40. The Morgan fingerprint density at radius 3 is 1.64 bits per heavy atom. The highest BCUT2D eigenvalue weighted by Crippen LogP contribution is 2.24. The molecule has 0 fully saturated rings. The van der Waals surface area contributed by atoms with Crippen LogP contribution in [-0.4, -0.2) is 22.9 Å². The molecular formula is C29H51NO3. The number of ketones is 1. The van der Waals surface area contributed by atoms with Crippen LogP contribution in [0.2, 0.25) is 0 Å². The Hall–Kier alpha value is -1.58. The Bertz CT molecular complexity index is 690. The topological polar surface area (TPSA) is 48.3 Å². The maximum atomic E-state index is 12.9. The first kappa shape index (κ1) is 29.5. The smallest absolute Gasteiger partial charge is 0.311 e. The zero-order valence-electron chi connectivity index (χ0n) is 22.4. The van der Waals surface area contributed by atoms with Crippen molar-refractivity contribution in [3.8, 4) is 0 Å². The molecule has 0 aromatic carbocycles. The summed E-state index contributed by atoms with van der Waals surface area (Å²) >= 11 is 0. The minimum absolute atomic E-state index is 0.213. The number of hydrogen-bond donors (Lipinski definition) is 0. The highest BCUT2D eigenvalue weighted by Gasteiger charge is 2.22. The summed E-state index contributed by atoms with van der Waals surface area (Å²) in [5.41, 5.74) is 3.60. The van der Waals surface area contributed by atoms with Crippen molar-refractivity contribution >= 4 is 11.8 Å². The summed E-state index contributed by atoms with van der Waals surface area (Å²) in [4.78, 5) is 24.8. The van der Waals surface area contributed by atoms with Gasteiger partial charge in [-0.2, -0.15) is 0 Å². The van der Waals surface area contributed by atoms with E-state index in [0.717, 1.165) is 35.4 Å². The molecular weight excluding hydrogens is 410 g/mol. The summed E-state index contributed by atoms with van der Waals surface area (Å²) in [7, 11) is 1.93. The van der Waals surface area contributed by atoms with Crippen LogP contribution in [0.25, 0.3) is 0 Å². The number of ether oxygens (including phenoxy) is 1. The Morgan fingerprint density at radius 2 is 1.18 bits per heavy atom. The van der Waals surface area contributed by atoms with Crippen LogP contribution >= 0.6 is 0 Å². The van der Waals surface area contributed by atoms with Gasteiger partial charge in [0.2, 0.25) is 0 Å². The van der Waals surface area contributed by atoms with Crippen LogP contribution < -0.4 is 0 Å². The van der Waals surface area contributed by atoms with Crippen LogP contribution in [0, 0.1) is 13.8 Å². The van der Waals surface area contributed by atoms with Gasteiger partial charge < -0.3 is 9.30 Å². The molecule has 0 radical (unpaired) electrons. The first-order valence-electron chi connectivity index (χ1n) is 13.8. The lowest BCUT2D eigenvalue weighted by Gasteiger charge is -2.05. The fraction of sp³-hybridized carbons (Fsp3) is 0.793. The average Bonchev–Trinajstić information content (AvgIpc) is 2.99. The maximum absolute atomic E-state index is 12.9. The predicted octanol–water partition coefficient (Wildman–Crippen LogP) is 8.19. The number of unbranched alkanes of at least 4 members (excludes halogenated alkanes) is 14. The molecule has 0 bridgehead atoms. The largest absolute Gasteiger partial charge is 0.466 e. The van der Waals surface area contributed by atoms with Gasteiger partial charge in [0.05, 0.1) is 13.0 Å². The fourth-order valence-corrected chi connectivity index (χ4v) is 4.83. The average molecular weight is 462 g/mol. The van der Waals surface area contributed by atoms with E-state index in [1.54, 1.807) is 0 Å². The molecule has 0 aliphatic heterocycles. The normalized spacial score (nSPS) is 11.2. The molecule has 0 unspecified atom stereocenters. The van der Waals surface area contributed by atoms with Crippen molar-refractivity contribution in [2.45, 2.75) is 137 Å². The van der Waals surface area contributed by atoms with Crippen LogP contribution in [-0.2, 0) is 23.0 Å². The van der Waals surface area contributed by atoms with Crippen LogP contribution in [0.4, 0.5) is 0 Å². The lowest BCUT2D eigenvalue weighted by atomic mass is 9.99. The molecule has 1 rings (SSSR count). The van der Waals surface area contributed by atoms with Crippen LogP contribution in [0.15, 0.2) is 0 Å². The maximum Gasteiger partial charge on any atom is 0.311 e. The number of Topliss-reactive ketones (excluding diaryl/α,β-unsaturated/α-hetero) is 1. The minimum Gasteiger partial charge on any atom is -0.466 e. The third-order valence-electron chi connectivity index (χ3n) is 6.98. The van der Waals surface area contributed by atoms with Gasteiger partial charge >= 0.3 is 5.97 Å². The first-order chi connectivity index (χ1) is 15.9. The molecule has 0 atom stereocenters. The molecule has 4 nitrogen and oxygen atoms in total. The molecule has 4 heteroatoms. The fourth-order valence-electron chi connectivity index (χ4n) is 4.83. The monoisotopic (exact) mass is 461 g/mol. The molecule has 0 saturated heterocycles.